The van der Waals surface area contributed by atoms with Gasteiger partial charge in [-0.2, -0.15) is 0 Å². The van der Waals surface area contributed by atoms with E-state index in [-0.39, 0.29) is 11.8 Å². The number of hydrogen-bond acceptors (Lipinski definition) is 3. The number of carbonyl (C=O) groups excluding carboxylic acids is 2. The van der Waals surface area contributed by atoms with Crippen molar-refractivity contribution in [3.63, 3.8) is 0 Å². The van der Waals surface area contributed by atoms with E-state index in [2.05, 4.69) is 10.6 Å². The van der Waals surface area contributed by atoms with Gasteiger partial charge in [-0.3, -0.25) is 9.59 Å². The second kappa shape index (κ2) is 8.24. The van der Waals surface area contributed by atoms with Crippen molar-refractivity contribution < 1.29 is 9.59 Å². The summed E-state index contributed by atoms with van der Waals surface area (Å²) < 4.78 is 0. The summed E-state index contributed by atoms with van der Waals surface area (Å²) in [6.45, 7) is 0.461. The molecule has 114 valence electrons. The van der Waals surface area contributed by atoms with E-state index in [4.69, 9.17) is 0 Å². The molecule has 2 aromatic rings. The summed E-state index contributed by atoms with van der Waals surface area (Å²) >= 11 is 1.51. The Hall–Kier alpha value is -2.27. The summed E-state index contributed by atoms with van der Waals surface area (Å²) in [6, 6.07) is 17.0. The van der Waals surface area contributed by atoms with Gasteiger partial charge in [0, 0.05) is 24.1 Å². The molecule has 0 atom stereocenters. The summed E-state index contributed by atoms with van der Waals surface area (Å²) in [5, 5.41) is 5.44. The van der Waals surface area contributed by atoms with E-state index in [1.165, 1.54) is 11.8 Å². The van der Waals surface area contributed by atoms with E-state index >= 15 is 0 Å². The van der Waals surface area contributed by atoms with E-state index in [9.17, 15) is 9.59 Å². The monoisotopic (exact) mass is 314 g/mol. The normalized spacial score (nSPS) is 10.0. The smallest absolute Gasteiger partial charge is 0.251 e. The molecule has 2 amide bonds. The standard InChI is InChI=1S/C17H18N2O2S/c1-18-17(21)14-9-7-13(8-10-14)11-19-16(20)12-22-15-5-3-2-4-6-15/h2-10H,11-12H2,1H3,(H,18,21)(H,19,20). The molecule has 0 spiro atoms. The average Bonchev–Trinajstić information content (AvgIpc) is 2.58. The zero-order valence-electron chi connectivity index (χ0n) is 12.3. The Morgan fingerprint density at radius 3 is 2.32 bits per heavy atom. The number of carbonyl (C=O) groups is 2. The Morgan fingerprint density at radius 2 is 1.68 bits per heavy atom. The molecular formula is C17H18N2O2S. The van der Waals surface area contributed by atoms with Crippen LogP contribution >= 0.6 is 11.8 Å². The van der Waals surface area contributed by atoms with Gasteiger partial charge in [-0.1, -0.05) is 30.3 Å². The fourth-order valence-electron chi connectivity index (χ4n) is 1.84. The second-order valence-corrected chi connectivity index (χ2v) is 5.70. The molecule has 0 aromatic heterocycles. The maximum Gasteiger partial charge on any atom is 0.251 e. The summed E-state index contributed by atoms with van der Waals surface area (Å²) in [6.07, 6.45) is 0. The predicted molar refractivity (Wildman–Crippen MR) is 88.8 cm³/mol. The molecule has 0 heterocycles. The molecule has 22 heavy (non-hydrogen) atoms. The van der Waals surface area contributed by atoms with Crippen molar-refractivity contribution in [3.8, 4) is 0 Å². The SMILES string of the molecule is CNC(=O)c1ccc(CNC(=O)CSc2ccccc2)cc1. The van der Waals surface area contributed by atoms with Crippen LogP contribution in [0, 0.1) is 0 Å². The van der Waals surface area contributed by atoms with Gasteiger partial charge in [-0.05, 0) is 29.8 Å². The van der Waals surface area contributed by atoms with Gasteiger partial charge in [0.25, 0.3) is 5.91 Å². The van der Waals surface area contributed by atoms with Crippen molar-refractivity contribution in [2.45, 2.75) is 11.4 Å². The molecule has 0 aliphatic carbocycles. The van der Waals surface area contributed by atoms with Crippen LogP contribution in [-0.4, -0.2) is 24.6 Å². The first kappa shape index (κ1) is 16.1. The number of hydrogen-bond donors (Lipinski definition) is 2. The van der Waals surface area contributed by atoms with E-state index in [0.29, 0.717) is 17.9 Å². The van der Waals surface area contributed by atoms with Crippen LogP contribution in [0.1, 0.15) is 15.9 Å². The van der Waals surface area contributed by atoms with Crippen molar-refractivity contribution >= 4 is 23.6 Å². The second-order valence-electron chi connectivity index (χ2n) is 4.65. The summed E-state index contributed by atoms with van der Waals surface area (Å²) in [5.74, 6) is 0.263. The molecule has 2 N–H and O–H groups in total. The van der Waals surface area contributed by atoms with Crippen LogP contribution in [0.15, 0.2) is 59.5 Å². The largest absolute Gasteiger partial charge is 0.355 e. The molecule has 0 unspecified atom stereocenters. The highest BCUT2D eigenvalue weighted by Crippen LogP contribution is 2.16. The van der Waals surface area contributed by atoms with Gasteiger partial charge in [-0.25, -0.2) is 0 Å². The van der Waals surface area contributed by atoms with Crippen LogP contribution in [0.2, 0.25) is 0 Å². The van der Waals surface area contributed by atoms with E-state index < -0.39 is 0 Å². The average molecular weight is 314 g/mol. The lowest BCUT2D eigenvalue weighted by molar-refractivity contribution is -0.118. The molecule has 0 saturated carbocycles. The fraction of sp³-hybridized carbons (Fsp3) is 0.176. The Balaban J connectivity index is 1.77. The third-order valence-electron chi connectivity index (χ3n) is 3.05. The first-order valence-corrected chi connectivity index (χ1v) is 7.93. The maximum atomic E-state index is 11.8. The van der Waals surface area contributed by atoms with Crippen LogP contribution in [-0.2, 0) is 11.3 Å². The van der Waals surface area contributed by atoms with Gasteiger partial charge in [0.15, 0.2) is 0 Å². The van der Waals surface area contributed by atoms with Crippen molar-refractivity contribution in [2.75, 3.05) is 12.8 Å². The summed E-state index contributed by atoms with van der Waals surface area (Å²) in [7, 11) is 1.60. The quantitative estimate of drug-likeness (QED) is 0.805. The number of thioether (sulfide) groups is 1. The van der Waals surface area contributed by atoms with Gasteiger partial charge in [-0.15, -0.1) is 11.8 Å². The molecule has 2 rings (SSSR count). The molecule has 2 aromatic carbocycles. The van der Waals surface area contributed by atoms with Gasteiger partial charge in [0.2, 0.25) is 5.91 Å². The third kappa shape index (κ3) is 4.93. The Morgan fingerprint density at radius 1 is 1.00 bits per heavy atom. The Kier molecular flexibility index (Phi) is 6.03. The van der Waals surface area contributed by atoms with Crippen molar-refractivity contribution in [3.05, 3.63) is 65.7 Å². The molecule has 5 heteroatoms. The summed E-state index contributed by atoms with van der Waals surface area (Å²) in [4.78, 5) is 24.3. The number of nitrogens with one attached hydrogen (secondary N) is 2. The predicted octanol–water partition coefficient (Wildman–Crippen LogP) is 2.45. The molecule has 0 radical (unpaired) electrons. The van der Waals surface area contributed by atoms with Crippen molar-refractivity contribution in [1.82, 2.24) is 10.6 Å². The highest BCUT2D eigenvalue weighted by Gasteiger charge is 2.04. The Bertz CT molecular complexity index is 627. The van der Waals surface area contributed by atoms with Gasteiger partial charge in [0.05, 0.1) is 5.75 Å². The van der Waals surface area contributed by atoms with Crippen LogP contribution in [0.3, 0.4) is 0 Å². The number of rotatable bonds is 6. The van der Waals surface area contributed by atoms with Gasteiger partial charge in [0.1, 0.15) is 0 Å². The maximum absolute atomic E-state index is 11.8. The molecule has 0 saturated heterocycles. The minimum absolute atomic E-state index is 0.00997. The first-order chi connectivity index (χ1) is 10.7. The lowest BCUT2D eigenvalue weighted by Gasteiger charge is -2.06. The minimum Gasteiger partial charge on any atom is -0.355 e. The fourth-order valence-corrected chi connectivity index (χ4v) is 2.58. The molecule has 0 bridgehead atoms. The topological polar surface area (TPSA) is 58.2 Å². The van der Waals surface area contributed by atoms with Crippen molar-refractivity contribution in [1.29, 1.82) is 0 Å². The minimum atomic E-state index is -0.116. The first-order valence-electron chi connectivity index (χ1n) is 6.94. The van der Waals surface area contributed by atoms with Crippen LogP contribution in [0.4, 0.5) is 0 Å². The highest BCUT2D eigenvalue weighted by atomic mass is 32.2. The highest BCUT2D eigenvalue weighted by molar-refractivity contribution is 8.00. The van der Waals surface area contributed by atoms with E-state index in [1.807, 2.05) is 42.5 Å². The van der Waals surface area contributed by atoms with Crippen LogP contribution < -0.4 is 10.6 Å². The third-order valence-corrected chi connectivity index (χ3v) is 4.06. The van der Waals surface area contributed by atoms with Gasteiger partial charge < -0.3 is 10.6 Å². The van der Waals surface area contributed by atoms with E-state index in [0.717, 1.165) is 10.5 Å². The van der Waals surface area contributed by atoms with Crippen LogP contribution in [0.5, 0.6) is 0 Å². The van der Waals surface area contributed by atoms with Crippen LogP contribution in [0.25, 0.3) is 0 Å². The molecule has 0 aliphatic heterocycles. The summed E-state index contributed by atoms with van der Waals surface area (Å²) in [5.41, 5.74) is 1.57. The molecular weight excluding hydrogens is 296 g/mol. The molecule has 4 nitrogen and oxygen atoms in total. The molecule has 0 aliphatic rings. The lowest BCUT2D eigenvalue weighted by Crippen LogP contribution is -2.24. The van der Waals surface area contributed by atoms with E-state index in [1.54, 1.807) is 19.2 Å². The zero-order chi connectivity index (χ0) is 15.8. The van der Waals surface area contributed by atoms with Crippen molar-refractivity contribution in [2.24, 2.45) is 0 Å². The zero-order valence-corrected chi connectivity index (χ0v) is 13.2. The molecule has 0 fully saturated rings. The number of amides is 2. The lowest BCUT2D eigenvalue weighted by atomic mass is 10.1. The number of benzene rings is 2. The van der Waals surface area contributed by atoms with Gasteiger partial charge >= 0.3 is 0 Å². The Labute approximate surface area is 134 Å².